The van der Waals surface area contributed by atoms with Gasteiger partial charge in [-0.3, -0.25) is 4.79 Å². The standard InChI is InChI=1S/C20H22N4O2.ClH/c1-13(17(21)15-9-5-3-6-10-15)19(25)22-14(2)18-23-20(26-24-18)16-11-7-4-8-12-16;/h3-14,17H,21H2,1-2H3,(H,22,25);1H. The maximum atomic E-state index is 12.5. The monoisotopic (exact) mass is 386 g/mol. The quantitative estimate of drug-likeness (QED) is 0.674. The second-order valence-electron chi connectivity index (χ2n) is 6.28. The second-order valence-corrected chi connectivity index (χ2v) is 6.28. The van der Waals surface area contributed by atoms with E-state index in [1.807, 2.05) is 74.5 Å². The van der Waals surface area contributed by atoms with E-state index in [9.17, 15) is 4.79 Å². The Bertz CT molecular complexity index is 855. The van der Waals surface area contributed by atoms with Crippen LogP contribution in [0.1, 0.15) is 37.3 Å². The van der Waals surface area contributed by atoms with Gasteiger partial charge in [-0.05, 0) is 24.6 Å². The topological polar surface area (TPSA) is 94.0 Å². The SMILES string of the molecule is CC(NC(=O)C(C)C(N)c1ccccc1)c1noc(-c2ccccc2)n1.Cl. The molecule has 6 nitrogen and oxygen atoms in total. The zero-order chi connectivity index (χ0) is 18.5. The summed E-state index contributed by atoms with van der Waals surface area (Å²) in [5, 5.41) is 6.88. The molecule has 1 heterocycles. The van der Waals surface area contributed by atoms with E-state index in [4.69, 9.17) is 10.3 Å². The van der Waals surface area contributed by atoms with Crippen molar-refractivity contribution in [3.05, 3.63) is 72.1 Å². The lowest BCUT2D eigenvalue weighted by Crippen LogP contribution is -2.37. The zero-order valence-corrected chi connectivity index (χ0v) is 16.0. The first-order chi connectivity index (χ1) is 12.6. The Balaban J connectivity index is 0.00000261. The van der Waals surface area contributed by atoms with Crippen LogP contribution >= 0.6 is 12.4 Å². The predicted molar refractivity (Wildman–Crippen MR) is 106 cm³/mol. The van der Waals surface area contributed by atoms with Crippen LogP contribution in [0.15, 0.2) is 65.2 Å². The summed E-state index contributed by atoms with van der Waals surface area (Å²) >= 11 is 0. The molecule has 142 valence electrons. The van der Waals surface area contributed by atoms with E-state index < -0.39 is 0 Å². The number of rotatable bonds is 6. The van der Waals surface area contributed by atoms with Crippen molar-refractivity contribution in [2.24, 2.45) is 11.7 Å². The molecule has 3 atom stereocenters. The zero-order valence-electron chi connectivity index (χ0n) is 15.2. The number of amides is 1. The van der Waals surface area contributed by atoms with E-state index in [1.165, 1.54) is 0 Å². The van der Waals surface area contributed by atoms with Crippen LogP contribution in [0.5, 0.6) is 0 Å². The van der Waals surface area contributed by atoms with Crippen molar-refractivity contribution >= 4 is 18.3 Å². The van der Waals surface area contributed by atoms with Gasteiger partial charge in [0.1, 0.15) is 0 Å². The summed E-state index contributed by atoms with van der Waals surface area (Å²) in [6, 6.07) is 18.3. The molecule has 0 saturated heterocycles. The Morgan fingerprint density at radius 1 is 1.04 bits per heavy atom. The number of aromatic nitrogens is 2. The van der Waals surface area contributed by atoms with Crippen molar-refractivity contribution in [2.45, 2.75) is 25.9 Å². The van der Waals surface area contributed by atoms with E-state index in [1.54, 1.807) is 0 Å². The summed E-state index contributed by atoms with van der Waals surface area (Å²) in [6.45, 7) is 3.63. The molecule has 3 N–H and O–H groups in total. The molecule has 27 heavy (non-hydrogen) atoms. The van der Waals surface area contributed by atoms with Gasteiger partial charge in [-0.1, -0.05) is 60.6 Å². The van der Waals surface area contributed by atoms with Gasteiger partial charge < -0.3 is 15.6 Å². The maximum absolute atomic E-state index is 12.5. The van der Waals surface area contributed by atoms with Crippen molar-refractivity contribution in [1.82, 2.24) is 15.5 Å². The van der Waals surface area contributed by atoms with E-state index in [0.29, 0.717) is 11.7 Å². The van der Waals surface area contributed by atoms with Crippen LogP contribution in [0.3, 0.4) is 0 Å². The summed E-state index contributed by atoms with van der Waals surface area (Å²) in [5.41, 5.74) is 7.99. The number of carbonyl (C=O) groups excluding carboxylic acids is 1. The average Bonchev–Trinajstić information content (AvgIpc) is 3.18. The van der Waals surface area contributed by atoms with E-state index in [2.05, 4.69) is 15.5 Å². The summed E-state index contributed by atoms with van der Waals surface area (Å²) in [5.74, 6) is 0.314. The lowest BCUT2D eigenvalue weighted by Gasteiger charge is -2.21. The van der Waals surface area contributed by atoms with Crippen LogP contribution in [0, 0.1) is 5.92 Å². The van der Waals surface area contributed by atoms with Crippen molar-refractivity contribution in [2.75, 3.05) is 0 Å². The highest BCUT2D eigenvalue weighted by molar-refractivity contribution is 5.85. The first-order valence-electron chi connectivity index (χ1n) is 8.56. The summed E-state index contributed by atoms with van der Waals surface area (Å²) in [4.78, 5) is 16.9. The molecule has 7 heteroatoms. The van der Waals surface area contributed by atoms with Gasteiger partial charge in [0.25, 0.3) is 5.89 Å². The van der Waals surface area contributed by atoms with Gasteiger partial charge in [0.15, 0.2) is 5.82 Å². The molecule has 1 amide bonds. The molecule has 0 spiro atoms. The Hall–Kier alpha value is -2.70. The molecule has 2 aromatic carbocycles. The Morgan fingerprint density at radius 3 is 2.26 bits per heavy atom. The summed E-state index contributed by atoms with van der Waals surface area (Å²) < 4.78 is 5.29. The molecule has 0 radical (unpaired) electrons. The molecule has 3 unspecified atom stereocenters. The van der Waals surface area contributed by atoms with Gasteiger partial charge in [-0.15, -0.1) is 12.4 Å². The molecular weight excluding hydrogens is 364 g/mol. The molecule has 3 rings (SSSR count). The van der Waals surface area contributed by atoms with E-state index in [0.717, 1.165) is 11.1 Å². The molecule has 0 saturated carbocycles. The van der Waals surface area contributed by atoms with Crippen molar-refractivity contribution in [3.8, 4) is 11.5 Å². The number of hydrogen-bond acceptors (Lipinski definition) is 5. The third-order valence-corrected chi connectivity index (χ3v) is 4.35. The minimum absolute atomic E-state index is 0. The number of hydrogen-bond donors (Lipinski definition) is 2. The Kier molecular flexibility index (Phi) is 7.10. The van der Waals surface area contributed by atoms with Gasteiger partial charge in [0.2, 0.25) is 5.91 Å². The molecule has 0 aliphatic rings. The third-order valence-electron chi connectivity index (χ3n) is 4.35. The molecule has 0 fully saturated rings. The van der Waals surface area contributed by atoms with E-state index in [-0.39, 0.29) is 36.3 Å². The second kappa shape index (κ2) is 9.30. The van der Waals surface area contributed by atoms with Crippen LogP contribution in [-0.4, -0.2) is 16.0 Å². The summed E-state index contributed by atoms with van der Waals surface area (Å²) in [6.07, 6.45) is 0. The normalized spacial score (nSPS) is 13.9. The van der Waals surface area contributed by atoms with Crippen molar-refractivity contribution in [1.29, 1.82) is 0 Å². The number of carbonyl (C=O) groups is 1. The molecule has 1 aromatic heterocycles. The average molecular weight is 387 g/mol. The van der Waals surface area contributed by atoms with Crippen LogP contribution in [-0.2, 0) is 4.79 Å². The fourth-order valence-electron chi connectivity index (χ4n) is 2.65. The number of nitrogens with one attached hydrogen (secondary N) is 1. The van der Waals surface area contributed by atoms with Gasteiger partial charge in [0, 0.05) is 11.6 Å². The predicted octanol–water partition coefficient (Wildman–Crippen LogP) is 3.67. The Morgan fingerprint density at radius 2 is 1.63 bits per heavy atom. The fourth-order valence-corrected chi connectivity index (χ4v) is 2.65. The summed E-state index contributed by atoms with van der Waals surface area (Å²) in [7, 11) is 0. The van der Waals surface area contributed by atoms with Crippen LogP contribution in [0.4, 0.5) is 0 Å². The smallest absolute Gasteiger partial charge is 0.257 e. The first kappa shape index (κ1) is 20.6. The third kappa shape index (κ3) is 4.93. The van der Waals surface area contributed by atoms with Crippen LogP contribution in [0.2, 0.25) is 0 Å². The molecule has 0 aliphatic carbocycles. The highest BCUT2D eigenvalue weighted by atomic mass is 35.5. The molecule has 3 aromatic rings. The van der Waals surface area contributed by atoms with Gasteiger partial charge in [-0.2, -0.15) is 4.98 Å². The van der Waals surface area contributed by atoms with Crippen LogP contribution in [0.25, 0.3) is 11.5 Å². The highest BCUT2D eigenvalue weighted by Crippen LogP contribution is 2.22. The first-order valence-corrected chi connectivity index (χ1v) is 8.56. The number of benzene rings is 2. The van der Waals surface area contributed by atoms with Crippen LogP contribution < -0.4 is 11.1 Å². The lowest BCUT2D eigenvalue weighted by molar-refractivity contribution is -0.125. The lowest BCUT2D eigenvalue weighted by atomic mass is 9.94. The minimum atomic E-state index is -0.389. The van der Waals surface area contributed by atoms with Gasteiger partial charge >= 0.3 is 0 Å². The van der Waals surface area contributed by atoms with Gasteiger partial charge in [-0.25, -0.2) is 0 Å². The maximum Gasteiger partial charge on any atom is 0.257 e. The van der Waals surface area contributed by atoms with Crippen molar-refractivity contribution < 1.29 is 9.32 Å². The number of nitrogens with two attached hydrogens (primary N) is 1. The number of nitrogens with zero attached hydrogens (tertiary/aromatic N) is 2. The molecule has 0 aliphatic heterocycles. The van der Waals surface area contributed by atoms with Gasteiger partial charge in [0.05, 0.1) is 12.0 Å². The van der Waals surface area contributed by atoms with E-state index >= 15 is 0 Å². The number of halogens is 1. The Labute approximate surface area is 164 Å². The highest BCUT2D eigenvalue weighted by Gasteiger charge is 2.25. The fraction of sp³-hybridized carbons (Fsp3) is 0.250. The molecular formula is C20H23ClN4O2. The van der Waals surface area contributed by atoms with Crippen molar-refractivity contribution in [3.63, 3.8) is 0 Å². The largest absolute Gasteiger partial charge is 0.346 e. The minimum Gasteiger partial charge on any atom is -0.346 e. The molecule has 0 bridgehead atoms.